The Balaban J connectivity index is 1.70. The molecule has 0 radical (unpaired) electrons. The van der Waals surface area contributed by atoms with Crippen molar-refractivity contribution in [3.05, 3.63) is 53.7 Å². The standard InChI is InChI=1S/C17H18N4O2/c1-11-8-14(13(3)23-11)12(2)19-20-17(22)9-21-10-18-15-6-4-5-7-16(15)21/h4-8,10H,9H2,1-3H3,(H,20,22)/b19-12-. The van der Waals surface area contributed by atoms with Crippen LogP contribution in [0.1, 0.15) is 24.0 Å². The summed E-state index contributed by atoms with van der Waals surface area (Å²) < 4.78 is 7.26. The monoisotopic (exact) mass is 310 g/mol. The zero-order chi connectivity index (χ0) is 16.4. The van der Waals surface area contributed by atoms with Crippen LogP contribution in [-0.2, 0) is 11.3 Å². The number of hydrogen-bond acceptors (Lipinski definition) is 4. The van der Waals surface area contributed by atoms with Crippen molar-refractivity contribution in [1.82, 2.24) is 15.0 Å². The predicted molar refractivity (Wildman–Crippen MR) is 88.3 cm³/mol. The van der Waals surface area contributed by atoms with Crippen molar-refractivity contribution in [2.45, 2.75) is 27.3 Å². The average molecular weight is 310 g/mol. The van der Waals surface area contributed by atoms with E-state index in [0.29, 0.717) is 5.71 Å². The highest BCUT2D eigenvalue weighted by Gasteiger charge is 2.09. The number of aryl methyl sites for hydroxylation is 2. The van der Waals surface area contributed by atoms with Crippen LogP contribution in [-0.4, -0.2) is 21.2 Å². The van der Waals surface area contributed by atoms with Crippen molar-refractivity contribution < 1.29 is 9.21 Å². The van der Waals surface area contributed by atoms with Crippen molar-refractivity contribution in [3.63, 3.8) is 0 Å². The number of rotatable bonds is 4. The molecule has 6 heteroatoms. The Morgan fingerprint density at radius 3 is 2.87 bits per heavy atom. The van der Waals surface area contributed by atoms with Gasteiger partial charge in [0.2, 0.25) is 0 Å². The van der Waals surface area contributed by atoms with E-state index >= 15 is 0 Å². The highest BCUT2D eigenvalue weighted by molar-refractivity contribution is 6.00. The van der Waals surface area contributed by atoms with Gasteiger partial charge in [0.25, 0.3) is 5.91 Å². The maximum absolute atomic E-state index is 12.1. The maximum atomic E-state index is 12.1. The van der Waals surface area contributed by atoms with E-state index in [0.717, 1.165) is 28.1 Å². The first-order valence-corrected chi connectivity index (χ1v) is 7.35. The molecule has 0 bridgehead atoms. The second-order valence-electron chi connectivity index (χ2n) is 5.42. The van der Waals surface area contributed by atoms with Gasteiger partial charge in [-0.2, -0.15) is 5.10 Å². The third-order valence-corrected chi connectivity index (χ3v) is 3.62. The molecule has 0 atom stereocenters. The molecule has 0 saturated heterocycles. The molecule has 0 aliphatic heterocycles. The van der Waals surface area contributed by atoms with Crippen molar-refractivity contribution in [2.24, 2.45) is 5.10 Å². The largest absolute Gasteiger partial charge is 0.466 e. The number of para-hydroxylation sites is 2. The van der Waals surface area contributed by atoms with Crippen molar-refractivity contribution in [1.29, 1.82) is 0 Å². The lowest BCUT2D eigenvalue weighted by Gasteiger charge is -2.04. The zero-order valence-electron chi connectivity index (χ0n) is 13.3. The molecule has 0 aliphatic carbocycles. The molecule has 1 amide bonds. The molecule has 0 fully saturated rings. The summed E-state index contributed by atoms with van der Waals surface area (Å²) in [5, 5.41) is 4.15. The van der Waals surface area contributed by atoms with Crippen LogP contribution in [0.2, 0.25) is 0 Å². The lowest BCUT2D eigenvalue weighted by Crippen LogP contribution is -2.24. The minimum Gasteiger partial charge on any atom is -0.466 e. The van der Waals surface area contributed by atoms with E-state index in [2.05, 4.69) is 15.5 Å². The first-order valence-electron chi connectivity index (χ1n) is 7.35. The van der Waals surface area contributed by atoms with E-state index in [9.17, 15) is 4.79 Å². The van der Waals surface area contributed by atoms with Crippen LogP contribution in [0.25, 0.3) is 11.0 Å². The maximum Gasteiger partial charge on any atom is 0.260 e. The average Bonchev–Trinajstić information content (AvgIpc) is 3.08. The van der Waals surface area contributed by atoms with Crippen LogP contribution >= 0.6 is 0 Å². The summed E-state index contributed by atoms with van der Waals surface area (Å²) in [7, 11) is 0. The molecular formula is C17H18N4O2. The third kappa shape index (κ3) is 3.15. The van der Waals surface area contributed by atoms with Gasteiger partial charge < -0.3 is 8.98 Å². The lowest BCUT2D eigenvalue weighted by molar-refractivity contribution is -0.121. The van der Waals surface area contributed by atoms with Gasteiger partial charge in [-0.15, -0.1) is 0 Å². The highest BCUT2D eigenvalue weighted by Crippen LogP contribution is 2.14. The molecular weight excluding hydrogens is 292 g/mol. The van der Waals surface area contributed by atoms with E-state index in [1.54, 1.807) is 10.9 Å². The number of nitrogens with one attached hydrogen (secondary N) is 1. The molecule has 0 aliphatic rings. The van der Waals surface area contributed by atoms with Crippen LogP contribution in [0, 0.1) is 13.8 Å². The molecule has 3 rings (SSSR count). The molecule has 2 aromatic heterocycles. The summed E-state index contributed by atoms with van der Waals surface area (Å²) >= 11 is 0. The number of carbonyl (C=O) groups excluding carboxylic acids is 1. The molecule has 0 saturated carbocycles. The molecule has 23 heavy (non-hydrogen) atoms. The number of carbonyl (C=O) groups is 1. The Kier molecular flexibility index (Phi) is 3.97. The fourth-order valence-electron chi connectivity index (χ4n) is 2.52. The summed E-state index contributed by atoms with van der Waals surface area (Å²) in [5.74, 6) is 1.41. The Morgan fingerprint density at radius 1 is 1.35 bits per heavy atom. The Labute approximate surface area is 133 Å². The minimum absolute atomic E-state index is 0.167. The van der Waals surface area contributed by atoms with Crippen LogP contribution in [0.5, 0.6) is 0 Å². The van der Waals surface area contributed by atoms with Crippen LogP contribution in [0.3, 0.4) is 0 Å². The molecule has 118 valence electrons. The number of fused-ring (bicyclic) bond motifs is 1. The zero-order valence-corrected chi connectivity index (χ0v) is 13.3. The Bertz CT molecular complexity index is 889. The minimum atomic E-state index is -0.203. The van der Waals surface area contributed by atoms with Crippen LogP contribution < -0.4 is 5.43 Å². The number of amides is 1. The van der Waals surface area contributed by atoms with Gasteiger partial charge in [-0.1, -0.05) is 12.1 Å². The van der Waals surface area contributed by atoms with Crippen molar-refractivity contribution in [3.8, 4) is 0 Å². The van der Waals surface area contributed by atoms with Crippen molar-refractivity contribution >= 4 is 22.7 Å². The predicted octanol–water partition coefficient (Wildman–Crippen LogP) is 2.79. The Morgan fingerprint density at radius 2 is 2.13 bits per heavy atom. The van der Waals surface area contributed by atoms with E-state index in [1.807, 2.05) is 51.1 Å². The Hall–Kier alpha value is -2.89. The smallest absolute Gasteiger partial charge is 0.260 e. The molecule has 1 aromatic carbocycles. The van der Waals surface area contributed by atoms with Crippen LogP contribution in [0.4, 0.5) is 0 Å². The first-order chi connectivity index (χ1) is 11.0. The quantitative estimate of drug-likeness (QED) is 0.595. The van der Waals surface area contributed by atoms with Gasteiger partial charge in [0.05, 0.1) is 23.1 Å². The van der Waals surface area contributed by atoms with Crippen LogP contribution in [0.15, 0.2) is 46.2 Å². The van der Waals surface area contributed by atoms with Gasteiger partial charge in [-0.25, -0.2) is 10.4 Å². The van der Waals surface area contributed by atoms with E-state index in [4.69, 9.17) is 4.42 Å². The van der Waals surface area contributed by atoms with Gasteiger partial charge in [-0.05, 0) is 39.0 Å². The SMILES string of the molecule is C/C(=N/NC(=O)Cn1cnc2ccccc21)c1cc(C)oc1C. The van der Waals surface area contributed by atoms with E-state index in [1.165, 1.54) is 0 Å². The number of furan rings is 1. The number of hydrazone groups is 1. The van der Waals surface area contributed by atoms with Gasteiger partial charge in [0.15, 0.2) is 0 Å². The number of hydrogen-bond donors (Lipinski definition) is 1. The van der Waals surface area contributed by atoms with Gasteiger partial charge >= 0.3 is 0 Å². The summed E-state index contributed by atoms with van der Waals surface area (Å²) in [4.78, 5) is 16.4. The fourth-order valence-corrected chi connectivity index (χ4v) is 2.52. The van der Waals surface area contributed by atoms with Crippen molar-refractivity contribution in [2.75, 3.05) is 0 Å². The van der Waals surface area contributed by atoms with E-state index < -0.39 is 0 Å². The van der Waals surface area contributed by atoms with Gasteiger partial charge in [0.1, 0.15) is 18.1 Å². The first kappa shape index (κ1) is 15.0. The molecule has 0 unspecified atom stereocenters. The topological polar surface area (TPSA) is 72.4 Å². The molecule has 6 nitrogen and oxygen atoms in total. The number of imidazole rings is 1. The normalized spacial score (nSPS) is 11.9. The second-order valence-corrected chi connectivity index (χ2v) is 5.42. The van der Waals surface area contributed by atoms with E-state index in [-0.39, 0.29) is 12.5 Å². The number of benzene rings is 1. The third-order valence-electron chi connectivity index (χ3n) is 3.62. The number of aromatic nitrogens is 2. The summed E-state index contributed by atoms with van der Waals surface area (Å²) in [6, 6.07) is 9.59. The molecule has 0 spiro atoms. The fraction of sp³-hybridized carbons (Fsp3) is 0.235. The lowest BCUT2D eigenvalue weighted by atomic mass is 10.2. The second kappa shape index (κ2) is 6.08. The molecule has 3 aromatic rings. The van der Waals surface area contributed by atoms with Gasteiger partial charge in [-0.3, -0.25) is 4.79 Å². The summed E-state index contributed by atoms with van der Waals surface area (Å²) in [6.07, 6.45) is 1.66. The summed E-state index contributed by atoms with van der Waals surface area (Å²) in [5.41, 5.74) is 5.98. The molecule has 2 heterocycles. The summed E-state index contributed by atoms with van der Waals surface area (Å²) in [6.45, 7) is 5.76. The molecule has 1 N–H and O–H groups in total. The van der Waals surface area contributed by atoms with Gasteiger partial charge in [0, 0.05) is 5.56 Å². The highest BCUT2D eigenvalue weighted by atomic mass is 16.3. The number of nitrogens with zero attached hydrogens (tertiary/aromatic N) is 3.